The van der Waals surface area contributed by atoms with Crippen molar-refractivity contribution >= 4 is 82.0 Å². The molecule has 18 atom stereocenters. The van der Waals surface area contributed by atoms with Crippen LogP contribution < -0.4 is 188 Å². The average Bonchev–Trinajstić information content (AvgIpc) is 1.60. The standard InChI is InChI=1S/C48H75N8O20.6Na.3H2O4S.2O3S/c1-5-30-34-35(31(6-2)74-30)44(65)56(43(34)64)15-19-68-17-13-54(33(59)11-10-32(58)51-12-8-7-9-16-70-46-28(49)22-29(57)25(3)72-46)23-27-24-55(53-52-27)14-18-69-20-21-71-48-40(63)39(62)41(42(76-48)45(66)67)75-47-36(50)38(61)37(60)26(4)73-47;;;;;;;3*1-5(2,3)4;2*1-4(2)3/h22,24-26,28-31,34-42,46-50,57,60-63H,3-21,23H2,1-2H3,(H,51,58)(H,66,67);;;;;;;3*(H2,1,2,3,4);;/q-5;6*+1;;;;;/p-4/t25?,26?,28?,29-,30-,31+,34+,35-,36?,37+,38+,39+,40?,41-,42?,46-,47+,48+;;;;;;;;;;;/m0.........../s1. The Morgan fingerprint density at radius 3 is 1.65 bits per heavy atom. The van der Waals surface area contributed by atoms with Gasteiger partial charge in [0.1, 0.15) is 42.7 Å². The van der Waals surface area contributed by atoms with Gasteiger partial charge in [-0.25, -0.2) is 36.0 Å². The summed E-state index contributed by atoms with van der Waals surface area (Å²) in [5.41, 5.74) is 16.5. The number of ether oxygens (including phenoxy) is 9. The van der Waals surface area contributed by atoms with Crippen LogP contribution in [0.4, 0.5) is 0 Å². The van der Waals surface area contributed by atoms with Crippen LogP contribution in [-0.4, -0.2) is 315 Å². The molecule has 0 bridgehead atoms. The maximum atomic E-state index is 13.6. The third-order valence-corrected chi connectivity index (χ3v) is 13.8. The summed E-state index contributed by atoms with van der Waals surface area (Å²) in [6.07, 6.45) is -12.5. The number of unbranched alkanes of at least 4 members (excludes halogenated alkanes) is 2. The molecule has 105 heavy (non-hydrogen) atoms. The van der Waals surface area contributed by atoms with Gasteiger partial charge < -0.3 is 134 Å². The van der Waals surface area contributed by atoms with E-state index in [-0.39, 0.29) is 285 Å². The van der Waals surface area contributed by atoms with Crippen molar-refractivity contribution in [3.63, 3.8) is 0 Å². The number of hydrogen-bond acceptors (Lipinski definition) is 37. The van der Waals surface area contributed by atoms with Gasteiger partial charge in [0.15, 0.2) is 6.29 Å². The number of hydrogen-bond donors (Lipinski definition) is 9. The van der Waals surface area contributed by atoms with Crippen LogP contribution >= 0.6 is 0 Å². The minimum Gasteiger partial charge on any atom is -0.726 e. The Labute approximate surface area is 740 Å². The van der Waals surface area contributed by atoms with Gasteiger partial charge in [0, 0.05) is 32.5 Å². The van der Waals surface area contributed by atoms with Gasteiger partial charge in [-0.3, -0.25) is 37.7 Å². The molecule has 0 saturated carbocycles. The number of carbonyl (C=O) groups is 5. The number of amides is 4. The van der Waals surface area contributed by atoms with E-state index < -0.39 is 156 Å². The number of carboxylic acids is 1. The summed E-state index contributed by atoms with van der Waals surface area (Å²) in [5.74, 6) is -4.10. The normalized spacial score (nSPS) is 27.2. The number of fused-ring (bicyclic) bond motifs is 1. The summed E-state index contributed by atoms with van der Waals surface area (Å²) >= 11 is 0. The van der Waals surface area contributed by atoms with Crippen molar-refractivity contribution in [2.75, 3.05) is 59.3 Å². The maximum Gasteiger partial charge on any atom is 1.00 e. The zero-order valence-electron chi connectivity index (χ0n) is 58.3. The Kier molecular flexibility index (Phi) is 66.2. The number of aliphatic hydroxyl groups excluding tert-OH is 5. The van der Waals surface area contributed by atoms with Crippen molar-refractivity contribution in [3.05, 3.63) is 43.6 Å². The van der Waals surface area contributed by atoms with Crippen molar-refractivity contribution < 1.29 is 352 Å². The topological polar surface area (TPSA) is 724 Å². The van der Waals surface area contributed by atoms with Crippen LogP contribution in [0, 0.1) is 32.1 Å². The number of aliphatic carboxylic acids is 1. The smallest absolute Gasteiger partial charge is 0.726 e. The van der Waals surface area contributed by atoms with Gasteiger partial charge in [-0.05, 0) is 38.2 Å². The Hall–Kier alpha value is 0.900. The number of aromatic nitrogens is 3. The van der Waals surface area contributed by atoms with E-state index in [2.05, 4.69) is 29.5 Å². The molecule has 11 N–H and O–H groups in total. The Bertz CT molecular complexity index is 3120. The number of carboxylic acid groups (broad SMARTS) is 1. The van der Waals surface area contributed by atoms with E-state index in [0.717, 1.165) is 0 Å². The molecule has 5 fully saturated rings. The number of nitrogens with one attached hydrogen (secondary N) is 3. The van der Waals surface area contributed by atoms with Crippen LogP contribution in [0.25, 0.3) is 11.5 Å². The zero-order chi connectivity index (χ0) is 75.9. The summed E-state index contributed by atoms with van der Waals surface area (Å²) in [5, 5.41) is 74.4. The SMILES string of the molecule is O=S(=O)([O-])O.O=S(=O)([O-])O.O=S(=O)([O-])O.O=S(=O)=O.O=S(=O)=O.[CH2-]C1O[C@H](O[C@@H]2C(C(=O)[O-])O[C@@H](OCCOCCn3cc(CN(CCOCCN4C(=O)[C@@H]5[C@H](C4=O)[C@H](CC)O[C@@H]5CC)C(=O)CCC(=O)NCCCCCO[C@H]4OC([CH2-])[C@@H](O)[CH-]C4[NH-])nn3)C(O)[C@H]2O)C([NH-])[C@@H](O)[C@@H]1O.[Na+].[Na+].[Na+].[Na+].[Na+].[Na+]. The predicted octanol–water partition coefficient (Wildman–Crippen LogP) is -26.2. The number of nitrogens with zero attached hydrogens (tertiary/aromatic N) is 5. The molecule has 4 amide bonds. The van der Waals surface area contributed by atoms with Gasteiger partial charge >= 0.3 is 199 Å². The molecule has 6 unspecified atom stereocenters. The summed E-state index contributed by atoms with van der Waals surface area (Å²) in [7, 11) is -21.0. The molecular formula is C48H77N8Na6O38S5-3. The minimum atomic E-state index is -4.92. The second-order valence-electron chi connectivity index (χ2n) is 20.9. The van der Waals surface area contributed by atoms with Crippen molar-refractivity contribution in [3.8, 4) is 0 Å². The molecule has 0 radical (unpaired) electrons. The van der Waals surface area contributed by atoms with Crippen molar-refractivity contribution in [2.24, 2.45) is 11.8 Å². The van der Waals surface area contributed by atoms with E-state index in [1.165, 1.54) is 20.9 Å². The first-order chi connectivity index (χ1) is 45.8. The second kappa shape index (κ2) is 59.5. The van der Waals surface area contributed by atoms with Crippen LogP contribution in [0.1, 0.15) is 64.5 Å². The Morgan fingerprint density at radius 1 is 0.657 bits per heavy atom. The molecule has 5 aliphatic heterocycles. The van der Waals surface area contributed by atoms with E-state index in [1.807, 2.05) is 13.8 Å². The summed E-state index contributed by atoms with van der Waals surface area (Å²) in [6, 6.07) is -2.46. The first-order valence-electron chi connectivity index (χ1n) is 28.9. The molecule has 6 heterocycles. The van der Waals surface area contributed by atoms with E-state index in [1.54, 1.807) is 6.20 Å². The number of likely N-dealkylation sites (tertiary alicyclic amines) is 1. The minimum absolute atomic E-state index is 0. The van der Waals surface area contributed by atoms with Gasteiger partial charge in [0.2, 0.25) is 54.8 Å². The van der Waals surface area contributed by atoms with E-state index in [0.29, 0.717) is 50.9 Å². The van der Waals surface area contributed by atoms with Crippen LogP contribution in [0.15, 0.2) is 6.20 Å². The summed E-state index contributed by atoms with van der Waals surface area (Å²) in [6.45, 7) is 11.9. The van der Waals surface area contributed by atoms with E-state index in [4.69, 9.17) is 132 Å². The Morgan fingerprint density at radius 2 is 1.14 bits per heavy atom. The fourth-order valence-electron chi connectivity index (χ4n) is 9.52. The zero-order valence-corrected chi connectivity index (χ0v) is 74.4. The van der Waals surface area contributed by atoms with E-state index in [9.17, 15) is 54.6 Å². The van der Waals surface area contributed by atoms with Crippen LogP contribution in [0.5, 0.6) is 0 Å². The molecule has 0 spiro atoms. The quantitative estimate of drug-likeness (QED) is 0.00862. The van der Waals surface area contributed by atoms with Crippen molar-refractivity contribution in [1.29, 1.82) is 0 Å². The fraction of sp³-hybridized carbons (Fsp3) is 0.792. The fourth-order valence-corrected chi connectivity index (χ4v) is 9.52. The van der Waals surface area contributed by atoms with Gasteiger partial charge in [0.05, 0.1) is 101 Å². The second-order valence-corrected chi connectivity index (χ2v) is 24.3. The predicted molar refractivity (Wildman–Crippen MR) is 312 cm³/mol. The molecule has 46 nitrogen and oxygen atoms in total. The first-order valence-corrected chi connectivity index (χ1v) is 35.0. The van der Waals surface area contributed by atoms with Crippen molar-refractivity contribution in [2.45, 2.75) is 170 Å². The largest absolute Gasteiger partial charge is 1.00 e. The molecule has 0 aromatic carbocycles. The van der Waals surface area contributed by atoms with E-state index >= 15 is 0 Å². The van der Waals surface area contributed by atoms with Gasteiger partial charge in [-0.15, -0.1) is 30.4 Å². The molecule has 1 aromatic rings. The molecule has 0 aliphatic carbocycles. The maximum absolute atomic E-state index is 13.6. The van der Waals surface area contributed by atoms with Gasteiger partial charge in [0.25, 0.3) is 0 Å². The number of aliphatic hydroxyl groups is 5. The van der Waals surface area contributed by atoms with Crippen LogP contribution in [-0.2, 0) is 132 Å². The van der Waals surface area contributed by atoms with Crippen molar-refractivity contribution in [1.82, 2.24) is 30.1 Å². The van der Waals surface area contributed by atoms with Gasteiger partial charge in [-0.2, -0.15) is 0 Å². The number of imide groups is 1. The third-order valence-electron chi connectivity index (χ3n) is 13.8. The molecule has 57 heteroatoms. The third kappa shape index (κ3) is 49.4. The monoisotopic (exact) mass is 1670 g/mol. The average molecular weight is 1670 g/mol. The molecular weight excluding hydrogens is 1590 g/mol. The molecule has 1 aromatic heterocycles. The first kappa shape index (κ1) is 117. The number of carbonyl (C=O) groups excluding carboxylic acids is 5. The molecule has 6 rings (SSSR count). The van der Waals surface area contributed by atoms with Crippen LogP contribution in [0.3, 0.4) is 0 Å². The molecule has 576 valence electrons. The van der Waals surface area contributed by atoms with Gasteiger partial charge in [-0.1, -0.05) is 37.3 Å². The number of rotatable bonds is 30. The summed E-state index contributed by atoms with van der Waals surface area (Å²) < 4.78 is 201. The molecule has 5 saturated heterocycles. The summed E-state index contributed by atoms with van der Waals surface area (Å²) in [4.78, 5) is 67.7. The van der Waals surface area contributed by atoms with Crippen LogP contribution in [0.2, 0.25) is 0 Å². The Balaban J connectivity index is -0.000000736. The molecule has 5 aliphatic rings.